The number of anilines is 1. The summed E-state index contributed by atoms with van der Waals surface area (Å²) < 4.78 is 5.59. The number of para-hydroxylation sites is 2. The maximum atomic E-state index is 10.6. The maximum Gasteiger partial charge on any atom is 0.142 e. The van der Waals surface area contributed by atoms with Crippen LogP contribution in [-0.4, -0.2) is 23.9 Å². The molecule has 1 aliphatic rings. The molecule has 0 aliphatic heterocycles. The third-order valence-corrected chi connectivity index (χ3v) is 3.83. The van der Waals surface area contributed by atoms with Gasteiger partial charge in [0, 0.05) is 6.54 Å². The molecule has 1 aliphatic carbocycles. The zero-order valence-electron chi connectivity index (χ0n) is 11.8. The number of benzene rings is 1. The Morgan fingerprint density at radius 1 is 1.16 bits per heavy atom. The van der Waals surface area contributed by atoms with Crippen LogP contribution >= 0.6 is 0 Å². The van der Waals surface area contributed by atoms with E-state index in [1.54, 1.807) is 0 Å². The van der Waals surface area contributed by atoms with Gasteiger partial charge in [0.15, 0.2) is 0 Å². The summed E-state index contributed by atoms with van der Waals surface area (Å²) in [4.78, 5) is 0. The summed E-state index contributed by atoms with van der Waals surface area (Å²) in [6, 6.07) is 7.92. The number of rotatable bonds is 5. The number of hydrogen-bond donors (Lipinski definition) is 2. The van der Waals surface area contributed by atoms with Gasteiger partial charge in [0.25, 0.3) is 0 Å². The molecule has 1 aromatic rings. The summed E-state index contributed by atoms with van der Waals surface area (Å²) in [6.45, 7) is 3.25. The van der Waals surface area contributed by atoms with Crippen molar-refractivity contribution in [1.29, 1.82) is 0 Å². The molecule has 1 fully saturated rings. The SMILES string of the molecule is CCOc1ccccc1NCC1(O)CCCCCC1. The van der Waals surface area contributed by atoms with Gasteiger partial charge in [0.1, 0.15) is 5.75 Å². The molecule has 1 aromatic carbocycles. The van der Waals surface area contributed by atoms with Gasteiger partial charge in [-0.25, -0.2) is 0 Å². The van der Waals surface area contributed by atoms with Crippen LogP contribution in [-0.2, 0) is 0 Å². The second kappa shape index (κ2) is 6.80. The highest BCUT2D eigenvalue weighted by Gasteiger charge is 2.27. The smallest absolute Gasteiger partial charge is 0.142 e. The van der Waals surface area contributed by atoms with E-state index in [-0.39, 0.29) is 0 Å². The average Bonchev–Trinajstić information content (AvgIpc) is 2.64. The van der Waals surface area contributed by atoms with E-state index in [0.717, 1.165) is 37.1 Å². The molecule has 0 heterocycles. The lowest BCUT2D eigenvalue weighted by Crippen LogP contribution is -2.36. The van der Waals surface area contributed by atoms with Crippen LogP contribution in [0, 0.1) is 0 Å². The Morgan fingerprint density at radius 3 is 2.53 bits per heavy atom. The summed E-state index contributed by atoms with van der Waals surface area (Å²) in [5, 5.41) is 14.0. The van der Waals surface area contributed by atoms with Crippen LogP contribution < -0.4 is 10.1 Å². The van der Waals surface area contributed by atoms with Gasteiger partial charge in [-0.15, -0.1) is 0 Å². The van der Waals surface area contributed by atoms with Crippen LogP contribution in [0.1, 0.15) is 45.4 Å². The van der Waals surface area contributed by atoms with Crippen LogP contribution in [0.2, 0.25) is 0 Å². The van der Waals surface area contributed by atoms with E-state index in [1.165, 1.54) is 12.8 Å². The van der Waals surface area contributed by atoms with Gasteiger partial charge in [-0.3, -0.25) is 0 Å². The molecule has 0 spiro atoms. The lowest BCUT2D eigenvalue weighted by molar-refractivity contribution is 0.0381. The Labute approximate surface area is 116 Å². The Morgan fingerprint density at radius 2 is 1.84 bits per heavy atom. The van der Waals surface area contributed by atoms with Crippen molar-refractivity contribution in [3.8, 4) is 5.75 Å². The van der Waals surface area contributed by atoms with Crippen LogP contribution in [0.5, 0.6) is 5.75 Å². The van der Waals surface area contributed by atoms with Crippen molar-refractivity contribution >= 4 is 5.69 Å². The predicted molar refractivity (Wildman–Crippen MR) is 78.8 cm³/mol. The van der Waals surface area contributed by atoms with E-state index in [0.29, 0.717) is 13.2 Å². The van der Waals surface area contributed by atoms with Crippen molar-refractivity contribution in [3.05, 3.63) is 24.3 Å². The number of hydrogen-bond acceptors (Lipinski definition) is 3. The quantitative estimate of drug-likeness (QED) is 0.798. The van der Waals surface area contributed by atoms with Gasteiger partial charge < -0.3 is 15.2 Å². The van der Waals surface area contributed by atoms with Gasteiger partial charge >= 0.3 is 0 Å². The predicted octanol–water partition coefficient (Wildman–Crippen LogP) is 3.58. The van der Waals surface area contributed by atoms with E-state index in [1.807, 2.05) is 31.2 Å². The highest BCUT2D eigenvalue weighted by molar-refractivity contribution is 5.56. The molecular formula is C16H25NO2. The first-order valence-corrected chi connectivity index (χ1v) is 7.42. The highest BCUT2D eigenvalue weighted by atomic mass is 16.5. The average molecular weight is 263 g/mol. The Balaban J connectivity index is 1.97. The van der Waals surface area contributed by atoms with Crippen molar-refractivity contribution in [2.45, 2.75) is 51.0 Å². The fraction of sp³-hybridized carbons (Fsp3) is 0.625. The third-order valence-electron chi connectivity index (χ3n) is 3.83. The molecule has 106 valence electrons. The first-order chi connectivity index (χ1) is 9.23. The molecule has 1 saturated carbocycles. The van der Waals surface area contributed by atoms with Crippen molar-refractivity contribution in [1.82, 2.24) is 0 Å². The number of nitrogens with one attached hydrogen (secondary N) is 1. The highest BCUT2D eigenvalue weighted by Crippen LogP contribution is 2.29. The Hall–Kier alpha value is -1.22. The fourth-order valence-corrected chi connectivity index (χ4v) is 2.72. The van der Waals surface area contributed by atoms with E-state index in [9.17, 15) is 5.11 Å². The van der Waals surface area contributed by atoms with Crippen molar-refractivity contribution in [3.63, 3.8) is 0 Å². The zero-order chi connectivity index (χ0) is 13.6. The van der Waals surface area contributed by atoms with Crippen LogP contribution in [0.4, 0.5) is 5.69 Å². The van der Waals surface area contributed by atoms with Gasteiger partial charge in [-0.05, 0) is 31.9 Å². The van der Waals surface area contributed by atoms with E-state index < -0.39 is 5.60 Å². The lowest BCUT2D eigenvalue weighted by Gasteiger charge is -2.27. The van der Waals surface area contributed by atoms with Gasteiger partial charge in [-0.1, -0.05) is 37.8 Å². The van der Waals surface area contributed by atoms with Crippen molar-refractivity contribution in [2.24, 2.45) is 0 Å². The minimum Gasteiger partial charge on any atom is -0.492 e. The molecule has 0 aromatic heterocycles. The number of aliphatic hydroxyl groups is 1. The first-order valence-electron chi connectivity index (χ1n) is 7.42. The topological polar surface area (TPSA) is 41.5 Å². The molecule has 3 heteroatoms. The summed E-state index contributed by atoms with van der Waals surface area (Å²) in [5.74, 6) is 0.863. The van der Waals surface area contributed by atoms with Crippen LogP contribution in [0.15, 0.2) is 24.3 Å². The van der Waals surface area contributed by atoms with Gasteiger partial charge in [0.2, 0.25) is 0 Å². The van der Waals surface area contributed by atoms with E-state index in [2.05, 4.69) is 5.32 Å². The van der Waals surface area contributed by atoms with Crippen LogP contribution in [0.25, 0.3) is 0 Å². The second-order valence-electron chi connectivity index (χ2n) is 5.42. The van der Waals surface area contributed by atoms with Crippen molar-refractivity contribution < 1.29 is 9.84 Å². The Bertz CT molecular complexity index is 384. The molecule has 0 bridgehead atoms. The lowest BCUT2D eigenvalue weighted by atomic mass is 9.94. The molecule has 0 amide bonds. The molecule has 0 atom stereocenters. The molecular weight excluding hydrogens is 238 g/mol. The minimum absolute atomic E-state index is 0.560. The van der Waals surface area contributed by atoms with Gasteiger partial charge in [-0.2, -0.15) is 0 Å². The summed E-state index contributed by atoms with van der Waals surface area (Å²) in [6.07, 6.45) is 6.56. The fourth-order valence-electron chi connectivity index (χ4n) is 2.72. The maximum absolute atomic E-state index is 10.6. The summed E-state index contributed by atoms with van der Waals surface area (Å²) in [5.41, 5.74) is 0.414. The standard InChI is InChI=1S/C16H25NO2/c1-2-19-15-10-6-5-9-14(15)17-13-16(18)11-7-3-4-8-12-16/h5-6,9-10,17-18H,2-4,7-8,11-13H2,1H3. The molecule has 3 nitrogen and oxygen atoms in total. The molecule has 0 unspecified atom stereocenters. The molecule has 2 N–H and O–H groups in total. The van der Waals surface area contributed by atoms with Crippen LogP contribution in [0.3, 0.4) is 0 Å². The second-order valence-corrected chi connectivity index (χ2v) is 5.42. The molecule has 0 saturated heterocycles. The molecule has 2 rings (SSSR count). The monoisotopic (exact) mass is 263 g/mol. The molecule has 0 radical (unpaired) electrons. The third kappa shape index (κ3) is 4.13. The zero-order valence-corrected chi connectivity index (χ0v) is 11.8. The normalized spacial score (nSPS) is 18.6. The first kappa shape index (κ1) is 14.2. The Kier molecular flexibility index (Phi) is 5.08. The summed E-state index contributed by atoms with van der Waals surface area (Å²) in [7, 11) is 0. The van der Waals surface area contributed by atoms with E-state index in [4.69, 9.17) is 4.74 Å². The van der Waals surface area contributed by atoms with Gasteiger partial charge in [0.05, 0.1) is 17.9 Å². The minimum atomic E-state index is -0.560. The number of ether oxygens (including phenoxy) is 1. The van der Waals surface area contributed by atoms with E-state index >= 15 is 0 Å². The summed E-state index contributed by atoms with van der Waals surface area (Å²) >= 11 is 0. The molecule has 19 heavy (non-hydrogen) atoms. The largest absolute Gasteiger partial charge is 0.492 e. The van der Waals surface area contributed by atoms with Crippen molar-refractivity contribution in [2.75, 3.05) is 18.5 Å².